The van der Waals surface area contributed by atoms with Crippen LogP contribution >= 0.6 is 0 Å². The zero-order chi connectivity index (χ0) is 14.7. The molecule has 0 aliphatic heterocycles. The van der Waals surface area contributed by atoms with E-state index in [-0.39, 0.29) is 5.78 Å². The normalized spacial score (nSPS) is 10.5. The highest BCUT2D eigenvalue weighted by Gasteiger charge is 2.14. The van der Waals surface area contributed by atoms with Crippen molar-refractivity contribution in [2.45, 2.75) is 6.92 Å². The molecule has 3 rings (SSSR count). The van der Waals surface area contributed by atoms with E-state index in [0.717, 1.165) is 0 Å². The Morgan fingerprint density at radius 1 is 1.10 bits per heavy atom. The van der Waals surface area contributed by atoms with Crippen molar-refractivity contribution in [3.8, 4) is 5.75 Å². The fourth-order valence-electron chi connectivity index (χ4n) is 2.23. The van der Waals surface area contributed by atoms with E-state index in [1.54, 1.807) is 30.6 Å². The van der Waals surface area contributed by atoms with Gasteiger partial charge in [0.15, 0.2) is 5.78 Å². The van der Waals surface area contributed by atoms with Crippen molar-refractivity contribution >= 4 is 16.8 Å². The van der Waals surface area contributed by atoms with Crippen molar-refractivity contribution in [1.29, 1.82) is 0 Å². The van der Waals surface area contributed by atoms with Crippen LogP contribution in [0.1, 0.15) is 22.8 Å². The average molecular weight is 278 g/mol. The number of hydrogen-bond donors (Lipinski definition) is 0. The summed E-state index contributed by atoms with van der Waals surface area (Å²) < 4.78 is 5.44. The number of aromatic nitrogens is 2. The highest BCUT2D eigenvalue weighted by molar-refractivity contribution is 6.15. The van der Waals surface area contributed by atoms with Crippen molar-refractivity contribution in [1.82, 2.24) is 9.97 Å². The minimum absolute atomic E-state index is 0.0809. The summed E-state index contributed by atoms with van der Waals surface area (Å²) in [6.45, 7) is 2.48. The summed E-state index contributed by atoms with van der Waals surface area (Å²) in [5.74, 6) is 0.609. The van der Waals surface area contributed by atoms with Crippen LogP contribution in [-0.4, -0.2) is 22.4 Å². The highest BCUT2D eigenvalue weighted by Crippen LogP contribution is 2.20. The number of carbonyl (C=O) groups excluding carboxylic acids is 1. The van der Waals surface area contributed by atoms with Gasteiger partial charge in [0.2, 0.25) is 0 Å². The lowest BCUT2D eigenvalue weighted by atomic mass is 10.0. The largest absolute Gasteiger partial charge is 0.494 e. The highest BCUT2D eigenvalue weighted by atomic mass is 16.5. The number of benzene rings is 2. The number of ketones is 1. The second kappa shape index (κ2) is 5.71. The molecule has 21 heavy (non-hydrogen) atoms. The Hall–Kier alpha value is -2.75. The average Bonchev–Trinajstić information content (AvgIpc) is 2.54. The lowest BCUT2D eigenvalue weighted by Crippen LogP contribution is -2.04. The Balaban J connectivity index is 2.06. The molecule has 0 saturated heterocycles. The molecule has 104 valence electrons. The summed E-state index contributed by atoms with van der Waals surface area (Å²) in [6, 6.07) is 12.6. The van der Waals surface area contributed by atoms with E-state index < -0.39 is 0 Å². The first kappa shape index (κ1) is 13.2. The molecule has 0 bridgehead atoms. The Bertz CT molecular complexity index is 794. The zero-order valence-corrected chi connectivity index (χ0v) is 11.6. The third-order valence-corrected chi connectivity index (χ3v) is 3.15. The monoisotopic (exact) mass is 278 g/mol. The van der Waals surface area contributed by atoms with Gasteiger partial charge in [0, 0.05) is 18.0 Å². The lowest BCUT2D eigenvalue weighted by molar-refractivity contribution is 0.103. The summed E-state index contributed by atoms with van der Waals surface area (Å²) in [5.41, 5.74) is 2.46. The third kappa shape index (κ3) is 2.60. The summed E-state index contributed by atoms with van der Waals surface area (Å²) >= 11 is 0. The van der Waals surface area contributed by atoms with E-state index >= 15 is 0 Å². The van der Waals surface area contributed by atoms with E-state index in [1.165, 1.54) is 0 Å². The number of hydrogen-bond acceptors (Lipinski definition) is 4. The smallest absolute Gasteiger partial charge is 0.195 e. The molecule has 0 spiro atoms. The first-order chi connectivity index (χ1) is 10.3. The van der Waals surface area contributed by atoms with Gasteiger partial charge in [-0.2, -0.15) is 0 Å². The Morgan fingerprint density at radius 2 is 1.90 bits per heavy atom. The minimum atomic E-state index is -0.0809. The Morgan fingerprint density at radius 3 is 2.76 bits per heavy atom. The number of ether oxygens (including phenoxy) is 1. The van der Waals surface area contributed by atoms with Crippen molar-refractivity contribution in [2.24, 2.45) is 0 Å². The fraction of sp³-hybridized carbons (Fsp3) is 0.118. The van der Waals surface area contributed by atoms with Gasteiger partial charge in [-0.1, -0.05) is 18.2 Å². The Labute approximate surface area is 122 Å². The minimum Gasteiger partial charge on any atom is -0.494 e. The number of para-hydroxylation sites is 1. The molecule has 0 atom stereocenters. The summed E-state index contributed by atoms with van der Waals surface area (Å²) in [7, 11) is 0. The van der Waals surface area contributed by atoms with Crippen molar-refractivity contribution in [2.75, 3.05) is 6.61 Å². The van der Waals surface area contributed by atoms with Crippen LogP contribution in [0, 0.1) is 0 Å². The van der Waals surface area contributed by atoms with E-state index in [4.69, 9.17) is 4.74 Å². The number of rotatable bonds is 4. The number of carbonyl (C=O) groups is 1. The molecule has 0 amide bonds. The topological polar surface area (TPSA) is 52.1 Å². The van der Waals surface area contributed by atoms with Gasteiger partial charge in [0.05, 0.1) is 23.2 Å². The van der Waals surface area contributed by atoms with Crippen LogP contribution in [0.5, 0.6) is 5.75 Å². The molecule has 1 heterocycles. The van der Waals surface area contributed by atoms with Crippen LogP contribution in [-0.2, 0) is 0 Å². The molecule has 0 N–H and O–H groups in total. The lowest BCUT2D eigenvalue weighted by Gasteiger charge is -2.07. The van der Waals surface area contributed by atoms with E-state index in [9.17, 15) is 4.79 Å². The van der Waals surface area contributed by atoms with Crippen LogP contribution in [0.25, 0.3) is 11.0 Å². The Kier molecular flexibility index (Phi) is 3.60. The molecule has 4 heteroatoms. The summed E-state index contributed by atoms with van der Waals surface area (Å²) in [6.07, 6.45) is 3.21. The molecule has 0 saturated carbocycles. The summed E-state index contributed by atoms with van der Waals surface area (Å²) in [5, 5.41) is 0. The predicted molar refractivity (Wildman–Crippen MR) is 80.6 cm³/mol. The SMILES string of the molecule is CCOc1cccc(C(=O)c2cccc3nccnc23)c1. The molecule has 3 aromatic rings. The van der Waals surface area contributed by atoms with Gasteiger partial charge in [-0.05, 0) is 31.2 Å². The molecule has 4 nitrogen and oxygen atoms in total. The van der Waals surface area contributed by atoms with Crippen LogP contribution < -0.4 is 4.74 Å². The van der Waals surface area contributed by atoms with E-state index in [0.29, 0.717) is 34.5 Å². The second-order valence-electron chi connectivity index (χ2n) is 4.52. The van der Waals surface area contributed by atoms with Gasteiger partial charge in [-0.3, -0.25) is 14.8 Å². The molecule has 1 aromatic heterocycles. The molecule has 0 fully saturated rings. The number of nitrogens with zero attached hydrogens (tertiary/aromatic N) is 2. The molecule has 0 aliphatic carbocycles. The maximum absolute atomic E-state index is 12.7. The quantitative estimate of drug-likeness (QED) is 0.687. The maximum atomic E-state index is 12.7. The first-order valence-electron chi connectivity index (χ1n) is 6.77. The van der Waals surface area contributed by atoms with Crippen molar-refractivity contribution < 1.29 is 9.53 Å². The number of fused-ring (bicyclic) bond motifs is 1. The fourth-order valence-corrected chi connectivity index (χ4v) is 2.23. The first-order valence-corrected chi connectivity index (χ1v) is 6.77. The molecule has 2 aromatic carbocycles. The molecule has 0 radical (unpaired) electrons. The second-order valence-corrected chi connectivity index (χ2v) is 4.52. The zero-order valence-electron chi connectivity index (χ0n) is 11.6. The summed E-state index contributed by atoms with van der Waals surface area (Å²) in [4.78, 5) is 21.2. The van der Waals surface area contributed by atoms with Crippen LogP contribution in [0.4, 0.5) is 0 Å². The van der Waals surface area contributed by atoms with E-state index in [1.807, 2.05) is 31.2 Å². The van der Waals surface area contributed by atoms with Gasteiger partial charge >= 0.3 is 0 Å². The van der Waals surface area contributed by atoms with E-state index in [2.05, 4.69) is 9.97 Å². The molecular formula is C17H14N2O2. The van der Waals surface area contributed by atoms with Gasteiger partial charge in [-0.15, -0.1) is 0 Å². The van der Waals surface area contributed by atoms with Gasteiger partial charge in [0.25, 0.3) is 0 Å². The van der Waals surface area contributed by atoms with Gasteiger partial charge in [0.1, 0.15) is 5.75 Å². The van der Waals surface area contributed by atoms with Crippen LogP contribution in [0.3, 0.4) is 0 Å². The molecule has 0 unspecified atom stereocenters. The maximum Gasteiger partial charge on any atom is 0.195 e. The third-order valence-electron chi connectivity index (χ3n) is 3.15. The molecular weight excluding hydrogens is 264 g/mol. The van der Waals surface area contributed by atoms with Crippen molar-refractivity contribution in [3.05, 3.63) is 66.0 Å². The van der Waals surface area contributed by atoms with Gasteiger partial charge < -0.3 is 4.74 Å². The van der Waals surface area contributed by atoms with Crippen LogP contribution in [0.15, 0.2) is 54.9 Å². The predicted octanol–water partition coefficient (Wildman–Crippen LogP) is 3.26. The van der Waals surface area contributed by atoms with Crippen molar-refractivity contribution in [3.63, 3.8) is 0 Å². The molecule has 0 aliphatic rings. The van der Waals surface area contributed by atoms with Crippen LogP contribution in [0.2, 0.25) is 0 Å². The standard InChI is InChI=1S/C17H14N2O2/c1-2-21-13-6-3-5-12(11-13)17(20)14-7-4-8-15-16(14)19-10-9-18-15/h3-11H,2H2,1H3. The van der Waals surface area contributed by atoms with Gasteiger partial charge in [-0.25, -0.2) is 0 Å².